The van der Waals surface area contributed by atoms with Crippen LogP contribution in [0.15, 0.2) is 84.6 Å². The lowest BCUT2D eigenvalue weighted by molar-refractivity contribution is -0.117. The minimum Gasteiger partial charge on any atom is -0.493 e. The van der Waals surface area contributed by atoms with E-state index in [4.69, 9.17) is 9.84 Å². The summed E-state index contributed by atoms with van der Waals surface area (Å²) in [5.41, 5.74) is 3.83. The third-order valence-electron chi connectivity index (χ3n) is 5.81. The Labute approximate surface area is 205 Å². The molecule has 6 nitrogen and oxygen atoms in total. The molecule has 1 aliphatic rings. The second kappa shape index (κ2) is 12.0. The lowest BCUT2D eigenvalue weighted by atomic mass is 10.1. The molecule has 0 aromatic heterocycles. The Morgan fingerprint density at radius 2 is 1.66 bits per heavy atom. The summed E-state index contributed by atoms with van der Waals surface area (Å²) in [4.78, 5) is 25.5. The van der Waals surface area contributed by atoms with Gasteiger partial charge in [0.2, 0.25) is 0 Å². The standard InChI is InChI=1S/C29H30N2O4/c32-18-17-30-29(34)27(20-22-6-8-23(9-7-22)24-10-11-24)31-28(33)25-12-14-26(15-13-25)35-19-16-21-4-2-1-3-5-21/h1-9,12-15,20,24,32H,10-11,16-19H2,(H,30,34)(H,31,33)/b27-20-. The van der Waals surface area contributed by atoms with Gasteiger partial charge in [0.15, 0.2) is 0 Å². The van der Waals surface area contributed by atoms with Gasteiger partial charge in [-0.05, 0) is 65.8 Å². The van der Waals surface area contributed by atoms with Crippen molar-refractivity contribution in [1.82, 2.24) is 10.6 Å². The molecule has 0 aliphatic heterocycles. The second-order valence-corrected chi connectivity index (χ2v) is 8.54. The summed E-state index contributed by atoms with van der Waals surface area (Å²) in [7, 11) is 0. The summed E-state index contributed by atoms with van der Waals surface area (Å²) in [5.74, 6) is 0.454. The maximum absolute atomic E-state index is 12.9. The fourth-order valence-corrected chi connectivity index (χ4v) is 3.70. The van der Waals surface area contributed by atoms with Crippen LogP contribution in [0.25, 0.3) is 6.08 Å². The number of amides is 2. The minimum absolute atomic E-state index is 0.0989. The van der Waals surface area contributed by atoms with Crippen molar-refractivity contribution in [2.45, 2.75) is 25.2 Å². The van der Waals surface area contributed by atoms with Crippen LogP contribution in [0.4, 0.5) is 0 Å². The van der Waals surface area contributed by atoms with Gasteiger partial charge in [0, 0.05) is 18.5 Å². The van der Waals surface area contributed by atoms with E-state index in [0.29, 0.717) is 23.8 Å². The van der Waals surface area contributed by atoms with Gasteiger partial charge < -0.3 is 20.5 Å². The first-order chi connectivity index (χ1) is 17.1. The van der Waals surface area contributed by atoms with Crippen LogP contribution >= 0.6 is 0 Å². The van der Waals surface area contributed by atoms with E-state index in [-0.39, 0.29) is 18.8 Å². The summed E-state index contributed by atoms with van der Waals surface area (Å²) < 4.78 is 5.79. The average molecular weight is 471 g/mol. The van der Waals surface area contributed by atoms with Crippen molar-refractivity contribution in [3.8, 4) is 5.75 Å². The number of aliphatic hydroxyl groups is 1. The van der Waals surface area contributed by atoms with E-state index in [1.54, 1.807) is 30.3 Å². The number of carbonyl (C=O) groups is 2. The van der Waals surface area contributed by atoms with Crippen molar-refractivity contribution in [2.24, 2.45) is 0 Å². The van der Waals surface area contributed by atoms with Crippen LogP contribution in [-0.2, 0) is 11.2 Å². The van der Waals surface area contributed by atoms with Gasteiger partial charge in [0.1, 0.15) is 11.4 Å². The highest BCUT2D eigenvalue weighted by Gasteiger charge is 2.23. The smallest absolute Gasteiger partial charge is 0.267 e. The molecule has 2 amide bonds. The molecule has 0 radical (unpaired) electrons. The monoisotopic (exact) mass is 470 g/mol. The van der Waals surface area contributed by atoms with Gasteiger partial charge in [-0.2, -0.15) is 0 Å². The molecule has 0 atom stereocenters. The van der Waals surface area contributed by atoms with Crippen LogP contribution in [0.5, 0.6) is 5.75 Å². The number of aliphatic hydroxyl groups excluding tert-OH is 1. The SMILES string of the molecule is O=C(NCCO)/C(=C/c1ccc(C2CC2)cc1)NC(=O)c1ccc(OCCc2ccccc2)cc1. The van der Waals surface area contributed by atoms with Crippen molar-refractivity contribution >= 4 is 17.9 Å². The van der Waals surface area contributed by atoms with Crippen LogP contribution in [0.2, 0.25) is 0 Å². The topological polar surface area (TPSA) is 87.7 Å². The lowest BCUT2D eigenvalue weighted by Gasteiger charge is -2.12. The van der Waals surface area contributed by atoms with E-state index in [0.717, 1.165) is 12.0 Å². The molecule has 0 heterocycles. The normalized spacial score (nSPS) is 13.2. The largest absolute Gasteiger partial charge is 0.493 e. The molecule has 1 fully saturated rings. The maximum atomic E-state index is 12.9. The van der Waals surface area contributed by atoms with Crippen LogP contribution in [0.3, 0.4) is 0 Å². The van der Waals surface area contributed by atoms with E-state index in [2.05, 4.69) is 34.9 Å². The molecule has 3 aromatic carbocycles. The number of hydrogen-bond donors (Lipinski definition) is 3. The van der Waals surface area contributed by atoms with E-state index in [1.807, 2.05) is 30.3 Å². The highest BCUT2D eigenvalue weighted by atomic mass is 16.5. The van der Waals surface area contributed by atoms with Crippen LogP contribution in [0, 0.1) is 0 Å². The highest BCUT2D eigenvalue weighted by Crippen LogP contribution is 2.39. The number of rotatable bonds is 11. The molecule has 0 saturated heterocycles. The summed E-state index contributed by atoms with van der Waals surface area (Å²) in [6.07, 6.45) is 4.87. The fraction of sp³-hybridized carbons (Fsp3) is 0.241. The molecule has 0 bridgehead atoms. The average Bonchev–Trinajstić information content (AvgIpc) is 3.74. The van der Waals surface area contributed by atoms with Gasteiger partial charge >= 0.3 is 0 Å². The zero-order chi connectivity index (χ0) is 24.5. The predicted octanol–water partition coefficient (Wildman–Crippen LogP) is 4.06. The number of carbonyl (C=O) groups excluding carboxylic acids is 2. The number of hydrogen-bond acceptors (Lipinski definition) is 4. The summed E-state index contributed by atoms with van der Waals surface area (Å²) >= 11 is 0. The molecule has 180 valence electrons. The van der Waals surface area contributed by atoms with E-state index in [1.165, 1.54) is 24.0 Å². The number of ether oxygens (including phenoxy) is 1. The van der Waals surface area contributed by atoms with Gasteiger partial charge in [0.05, 0.1) is 13.2 Å². The Kier molecular flexibility index (Phi) is 8.30. The summed E-state index contributed by atoms with van der Waals surface area (Å²) in [6, 6.07) is 24.9. The van der Waals surface area contributed by atoms with Crippen molar-refractivity contribution in [3.05, 3.63) is 107 Å². The van der Waals surface area contributed by atoms with E-state index >= 15 is 0 Å². The first-order valence-corrected chi connectivity index (χ1v) is 11.9. The molecule has 0 spiro atoms. The highest BCUT2D eigenvalue weighted by molar-refractivity contribution is 6.05. The van der Waals surface area contributed by atoms with Gasteiger partial charge in [-0.15, -0.1) is 0 Å². The summed E-state index contributed by atoms with van der Waals surface area (Å²) in [6.45, 7) is 0.448. The Bertz CT molecular complexity index is 1150. The zero-order valence-corrected chi connectivity index (χ0v) is 19.6. The molecule has 3 N–H and O–H groups in total. The zero-order valence-electron chi connectivity index (χ0n) is 19.6. The molecule has 1 saturated carbocycles. The molecule has 35 heavy (non-hydrogen) atoms. The molecule has 1 aliphatic carbocycles. The van der Waals surface area contributed by atoms with Crippen LogP contribution < -0.4 is 15.4 Å². The molecular weight excluding hydrogens is 440 g/mol. The van der Waals surface area contributed by atoms with Gasteiger partial charge in [-0.25, -0.2) is 0 Å². The van der Waals surface area contributed by atoms with Gasteiger partial charge in [-0.1, -0.05) is 54.6 Å². The fourth-order valence-electron chi connectivity index (χ4n) is 3.70. The van der Waals surface area contributed by atoms with Gasteiger partial charge in [0.25, 0.3) is 11.8 Å². The van der Waals surface area contributed by atoms with Crippen molar-refractivity contribution in [3.63, 3.8) is 0 Å². The third-order valence-corrected chi connectivity index (χ3v) is 5.81. The minimum atomic E-state index is -0.459. The molecule has 0 unspecified atom stereocenters. The first-order valence-electron chi connectivity index (χ1n) is 11.9. The molecule has 3 aromatic rings. The quantitative estimate of drug-likeness (QED) is 0.369. The number of nitrogens with one attached hydrogen (secondary N) is 2. The van der Waals surface area contributed by atoms with E-state index < -0.39 is 11.8 Å². The van der Waals surface area contributed by atoms with Crippen LogP contribution in [-0.4, -0.2) is 36.7 Å². The van der Waals surface area contributed by atoms with E-state index in [9.17, 15) is 9.59 Å². The Hall–Kier alpha value is -3.90. The summed E-state index contributed by atoms with van der Waals surface area (Å²) in [5, 5.41) is 14.4. The predicted molar refractivity (Wildman–Crippen MR) is 136 cm³/mol. The maximum Gasteiger partial charge on any atom is 0.267 e. The molecule has 6 heteroatoms. The Balaban J connectivity index is 1.39. The van der Waals surface area contributed by atoms with Crippen molar-refractivity contribution in [1.29, 1.82) is 0 Å². The Morgan fingerprint density at radius 1 is 0.943 bits per heavy atom. The van der Waals surface area contributed by atoms with Crippen molar-refractivity contribution in [2.75, 3.05) is 19.8 Å². The van der Waals surface area contributed by atoms with Crippen molar-refractivity contribution < 1.29 is 19.4 Å². The van der Waals surface area contributed by atoms with Gasteiger partial charge in [-0.3, -0.25) is 9.59 Å². The Morgan fingerprint density at radius 3 is 2.31 bits per heavy atom. The molecule has 4 rings (SSSR count). The molecular formula is C29H30N2O4. The lowest BCUT2D eigenvalue weighted by Crippen LogP contribution is -2.36. The van der Waals surface area contributed by atoms with Crippen LogP contribution in [0.1, 0.15) is 45.8 Å². The second-order valence-electron chi connectivity index (χ2n) is 8.54. The number of benzene rings is 3. The first kappa shape index (κ1) is 24.2. The third kappa shape index (κ3) is 7.29.